The van der Waals surface area contributed by atoms with Gasteiger partial charge in [-0.15, -0.1) is 0 Å². The minimum Gasteiger partial charge on any atom is -0.492 e. The van der Waals surface area contributed by atoms with Crippen LogP contribution in [-0.4, -0.2) is 30.9 Å². The molecule has 0 aliphatic carbocycles. The van der Waals surface area contributed by atoms with Crippen molar-refractivity contribution in [1.29, 1.82) is 5.26 Å². The summed E-state index contributed by atoms with van der Waals surface area (Å²) in [5, 5.41) is 13.7. The third kappa shape index (κ3) is 5.87. The van der Waals surface area contributed by atoms with Crippen LogP contribution in [0.15, 0.2) is 42.5 Å². The van der Waals surface area contributed by atoms with E-state index < -0.39 is 47.5 Å². The first-order chi connectivity index (χ1) is 15.4. The Kier molecular flexibility index (Phi) is 6.73. The predicted molar refractivity (Wildman–Crippen MR) is 105 cm³/mol. The molecule has 3 rings (SSSR count). The number of urea groups is 1. The van der Waals surface area contributed by atoms with Crippen molar-refractivity contribution in [2.24, 2.45) is 5.73 Å². The predicted octanol–water partition coefficient (Wildman–Crippen LogP) is 4.52. The van der Waals surface area contributed by atoms with Crippen LogP contribution >= 0.6 is 0 Å². The Balaban J connectivity index is 1.77. The van der Waals surface area contributed by atoms with Crippen LogP contribution in [0.1, 0.15) is 29.0 Å². The van der Waals surface area contributed by atoms with E-state index in [-0.39, 0.29) is 18.6 Å². The molecule has 6 nitrogen and oxygen atoms in total. The molecular formula is C21H18F6N4O2. The van der Waals surface area contributed by atoms with Crippen molar-refractivity contribution in [3.63, 3.8) is 0 Å². The van der Waals surface area contributed by atoms with Gasteiger partial charge in [0.15, 0.2) is 0 Å². The van der Waals surface area contributed by atoms with Gasteiger partial charge in [0.25, 0.3) is 0 Å². The lowest BCUT2D eigenvalue weighted by atomic mass is 9.88. The van der Waals surface area contributed by atoms with Gasteiger partial charge in [0.2, 0.25) is 0 Å². The number of rotatable bonds is 5. The number of hydrogen-bond acceptors (Lipinski definition) is 4. The first-order valence-corrected chi connectivity index (χ1v) is 9.62. The van der Waals surface area contributed by atoms with Crippen molar-refractivity contribution in [1.82, 2.24) is 5.32 Å². The number of nitriles is 1. The highest BCUT2D eigenvalue weighted by Crippen LogP contribution is 2.42. The van der Waals surface area contributed by atoms with Crippen molar-refractivity contribution in [2.75, 3.05) is 11.9 Å². The Morgan fingerprint density at radius 2 is 1.82 bits per heavy atom. The topological polar surface area (TPSA) is 100 Å². The van der Waals surface area contributed by atoms with Crippen LogP contribution in [0.3, 0.4) is 0 Å². The van der Waals surface area contributed by atoms with Gasteiger partial charge in [-0.25, -0.2) is 4.79 Å². The van der Waals surface area contributed by atoms with Crippen molar-refractivity contribution >= 4 is 11.7 Å². The molecule has 1 saturated heterocycles. The van der Waals surface area contributed by atoms with E-state index in [1.54, 1.807) is 0 Å². The standard InChI is InChI=1S/C21H18F6N4O2/c22-20(23,24)17-7-11(1-2-12(17)9-28)16-8-14(30-18(16)21(25,26)27)10-33-15-5-3-13(4-6-15)31-19(29)32/h1-7,14,16,18,30H,8,10H2,(H3,29,31,32). The molecule has 3 unspecified atom stereocenters. The molecule has 12 heteroatoms. The number of nitrogens with zero attached hydrogens (tertiary/aromatic N) is 1. The normalized spacial score (nSPS) is 20.8. The summed E-state index contributed by atoms with van der Waals surface area (Å²) < 4.78 is 86.3. The highest BCUT2D eigenvalue weighted by atomic mass is 19.4. The molecule has 1 aliphatic heterocycles. The van der Waals surface area contributed by atoms with Crippen LogP contribution in [0.4, 0.5) is 36.8 Å². The lowest BCUT2D eigenvalue weighted by molar-refractivity contribution is -0.156. The monoisotopic (exact) mass is 472 g/mol. The zero-order chi connectivity index (χ0) is 24.4. The summed E-state index contributed by atoms with van der Waals surface area (Å²) in [6, 6.07) is 6.32. The quantitative estimate of drug-likeness (QED) is 0.557. The maximum atomic E-state index is 13.6. The van der Waals surface area contributed by atoms with Gasteiger partial charge in [-0.3, -0.25) is 5.32 Å². The number of hydrogen-bond donors (Lipinski definition) is 3. The summed E-state index contributed by atoms with van der Waals surface area (Å²) in [6.07, 6.45) is -9.72. The van der Waals surface area contributed by atoms with Gasteiger partial charge in [0.1, 0.15) is 18.4 Å². The van der Waals surface area contributed by atoms with E-state index in [1.807, 2.05) is 0 Å². The summed E-state index contributed by atoms with van der Waals surface area (Å²) >= 11 is 0. The number of carbonyl (C=O) groups is 1. The SMILES string of the molecule is N#Cc1ccc(C2CC(COc3ccc(NC(N)=O)cc3)NC2C(F)(F)F)cc1C(F)(F)F. The molecule has 1 heterocycles. The molecule has 0 bridgehead atoms. The Morgan fingerprint density at radius 3 is 2.36 bits per heavy atom. The van der Waals surface area contributed by atoms with Crippen LogP contribution in [0.25, 0.3) is 0 Å². The van der Waals surface area contributed by atoms with Gasteiger partial charge in [-0.2, -0.15) is 31.6 Å². The maximum Gasteiger partial charge on any atom is 0.417 e. The highest BCUT2D eigenvalue weighted by Gasteiger charge is 2.51. The van der Waals surface area contributed by atoms with Crippen LogP contribution in [0, 0.1) is 11.3 Å². The van der Waals surface area contributed by atoms with E-state index >= 15 is 0 Å². The molecule has 1 fully saturated rings. The molecule has 1 aliphatic rings. The zero-order valence-corrected chi connectivity index (χ0v) is 16.8. The third-order valence-corrected chi connectivity index (χ3v) is 5.18. The molecule has 33 heavy (non-hydrogen) atoms. The summed E-state index contributed by atoms with van der Waals surface area (Å²) in [5.41, 5.74) is 3.30. The van der Waals surface area contributed by atoms with Gasteiger partial charge in [0, 0.05) is 17.6 Å². The van der Waals surface area contributed by atoms with E-state index in [4.69, 9.17) is 15.7 Å². The number of anilines is 1. The number of primary amides is 1. The van der Waals surface area contributed by atoms with Crippen molar-refractivity contribution in [3.8, 4) is 11.8 Å². The molecule has 4 N–H and O–H groups in total. The minimum atomic E-state index is -4.88. The number of amides is 2. The zero-order valence-electron chi connectivity index (χ0n) is 16.8. The molecule has 176 valence electrons. The first-order valence-electron chi connectivity index (χ1n) is 9.62. The summed E-state index contributed by atoms with van der Waals surface area (Å²) in [7, 11) is 0. The number of ether oxygens (including phenoxy) is 1. The summed E-state index contributed by atoms with van der Waals surface area (Å²) in [4.78, 5) is 10.8. The van der Waals surface area contributed by atoms with E-state index in [2.05, 4.69) is 10.6 Å². The molecule has 0 aromatic heterocycles. The van der Waals surface area contributed by atoms with Gasteiger partial charge < -0.3 is 15.8 Å². The van der Waals surface area contributed by atoms with Gasteiger partial charge in [-0.1, -0.05) is 6.07 Å². The molecule has 3 atom stereocenters. The average molecular weight is 472 g/mol. The average Bonchev–Trinajstić information content (AvgIpc) is 3.17. The summed E-state index contributed by atoms with van der Waals surface area (Å²) in [5.74, 6) is -0.980. The van der Waals surface area contributed by atoms with Crippen molar-refractivity contribution in [2.45, 2.75) is 36.8 Å². The Morgan fingerprint density at radius 1 is 1.15 bits per heavy atom. The summed E-state index contributed by atoms with van der Waals surface area (Å²) in [6.45, 7) is -0.173. The van der Waals surface area contributed by atoms with E-state index in [0.29, 0.717) is 17.5 Å². The molecular weight excluding hydrogens is 454 g/mol. The largest absolute Gasteiger partial charge is 0.492 e. The van der Waals surface area contributed by atoms with Crippen LogP contribution in [-0.2, 0) is 6.18 Å². The van der Waals surface area contributed by atoms with Gasteiger partial charge in [-0.05, 0) is 48.4 Å². The van der Waals surface area contributed by atoms with Crippen LogP contribution in [0.5, 0.6) is 5.75 Å². The number of alkyl halides is 6. The lowest BCUT2D eigenvalue weighted by Crippen LogP contribution is -2.44. The minimum absolute atomic E-state index is 0.130. The maximum absolute atomic E-state index is 13.6. The molecule has 0 saturated carbocycles. The smallest absolute Gasteiger partial charge is 0.417 e. The van der Waals surface area contributed by atoms with E-state index in [9.17, 15) is 31.1 Å². The van der Waals surface area contributed by atoms with E-state index in [0.717, 1.165) is 12.1 Å². The Bertz CT molecular complexity index is 1050. The van der Waals surface area contributed by atoms with Crippen molar-refractivity contribution < 1.29 is 35.9 Å². The number of benzene rings is 2. The third-order valence-electron chi connectivity index (χ3n) is 5.18. The Hall–Kier alpha value is -3.46. The fraction of sp³-hybridized carbons (Fsp3) is 0.333. The van der Waals surface area contributed by atoms with Gasteiger partial charge in [0.05, 0.1) is 17.2 Å². The van der Waals surface area contributed by atoms with Crippen LogP contribution in [0.2, 0.25) is 0 Å². The molecule has 2 amide bonds. The highest BCUT2D eigenvalue weighted by molar-refractivity contribution is 5.87. The van der Waals surface area contributed by atoms with Crippen molar-refractivity contribution in [3.05, 3.63) is 59.2 Å². The first kappa shape index (κ1) is 24.2. The molecule has 0 radical (unpaired) electrons. The van der Waals surface area contributed by atoms with E-state index in [1.165, 1.54) is 30.3 Å². The van der Waals surface area contributed by atoms with Crippen LogP contribution < -0.4 is 21.1 Å². The Labute approximate surface area is 184 Å². The fourth-order valence-corrected chi connectivity index (χ4v) is 3.75. The molecule has 2 aromatic rings. The number of nitrogens with one attached hydrogen (secondary N) is 2. The second-order valence-electron chi connectivity index (χ2n) is 7.46. The molecule has 2 aromatic carbocycles. The number of halogens is 6. The lowest BCUT2D eigenvalue weighted by Gasteiger charge is -2.23. The second kappa shape index (κ2) is 9.19. The molecule has 0 spiro atoms. The fourth-order valence-electron chi connectivity index (χ4n) is 3.75. The number of carbonyl (C=O) groups excluding carboxylic acids is 1. The number of nitrogens with two attached hydrogens (primary N) is 1. The second-order valence-corrected chi connectivity index (χ2v) is 7.46. The van der Waals surface area contributed by atoms with Gasteiger partial charge >= 0.3 is 18.4 Å².